The van der Waals surface area contributed by atoms with Crippen molar-refractivity contribution in [3.63, 3.8) is 0 Å². The summed E-state index contributed by atoms with van der Waals surface area (Å²) in [6, 6.07) is 0. The number of hydrogen-bond donors (Lipinski definition) is 0. The predicted octanol–water partition coefficient (Wildman–Crippen LogP) is 17.5. The maximum atomic E-state index is 12.8. The molecule has 0 amide bonds. The summed E-state index contributed by atoms with van der Waals surface area (Å²) in [6.07, 6.45) is 74.4. The van der Waals surface area contributed by atoms with Gasteiger partial charge in [0.1, 0.15) is 13.2 Å². The summed E-state index contributed by atoms with van der Waals surface area (Å²) in [5.74, 6) is -1.07. The fourth-order valence-electron chi connectivity index (χ4n) is 6.43. The Bertz CT molecular complexity index is 1460. The average Bonchev–Trinajstić information content (AvgIpc) is 3.31. The molecule has 0 fully saturated rings. The Balaban J connectivity index is 4.62. The largest absolute Gasteiger partial charge is 0.462 e. The van der Waals surface area contributed by atoms with Gasteiger partial charge in [-0.15, -0.1) is 0 Å². The maximum Gasteiger partial charge on any atom is 0.306 e. The van der Waals surface area contributed by atoms with Gasteiger partial charge in [-0.3, -0.25) is 14.4 Å². The molecule has 66 heavy (non-hydrogen) atoms. The fourth-order valence-corrected chi connectivity index (χ4v) is 6.43. The number of hydrogen-bond acceptors (Lipinski definition) is 6. The molecule has 0 saturated carbocycles. The van der Waals surface area contributed by atoms with Gasteiger partial charge in [-0.2, -0.15) is 0 Å². The van der Waals surface area contributed by atoms with E-state index in [9.17, 15) is 14.4 Å². The minimum Gasteiger partial charge on any atom is -0.462 e. The third-order valence-corrected chi connectivity index (χ3v) is 10.4. The van der Waals surface area contributed by atoms with Crippen LogP contribution in [0.5, 0.6) is 0 Å². The molecule has 0 aromatic rings. The summed E-state index contributed by atoms with van der Waals surface area (Å²) >= 11 is 0. The van der Waals surface area contributed by atoms with Crippen molar-refractivity contribution in [3.05, 3.63) is 134 Å². The van der Waals surface area contributed by atoms with Crippen LogP contribution in [0.3, 0.4) is 0 Å². The normalized spacial score (nSPS) is 13.2. The second-order valence-corrected chi connectivity index (χ2v) is 16.7. The molecule has 0 unspecified atom stereocenters. The van der Waals surface area contributed by atoms with Crippen LogP contribution in [-0.2, 0) is 28.6 Å². The monoisotopic (exact) mass is 911 g/mol. The van der Waals surface area contributed by atoms with Crippen molar-refractivity contribution in [2.75, 3.05) is 13.2 Å². The molecule has 0 aliphatic rings. The summed E-state index contributed by atoms with van der Waals surface area (Å²) in [5, 5.41) is 0. The van der Waals surface area contributed by atoms with Crippen LogP contribution in [0.2, 0.25) is 0 Å². The highest BCUT2D eigenvalue weighted by Crippen LogP contribution is 2.11. The minimum absolute atomic E-state index is 0.130. The first-order valence-corrected chi connectivity index (χ1v) is 26.2. The highest BCUT2D eigenvalue weighted by Gasteiger charge is 2.19. The van der Waals surface area contributed by atoms with E-state index in [0.717, 1.165) is 109 Å². The molecular weight excluding hydrogens is 817 g/mol. The van der Waals surface area contributed by atoms with Crippen LogP contribution < -0.4 is 0 Å². The zero-order chi connectivity index (χ0) is 47.9. The van der Waals surface area contributed by atoms with Gasteiger partial charge >= 0.3 is 17.9 Å². The van der Waals surface area contributed by atoms with Crippen molar-refractivity contribution in [1.82, 2.24) is 0 Å². The Morgan fingerprint density at radius 1 is 0.318 bits per heavy atom. The van der Waals surface area contributed by atoms with Crippen LogP contribution >= 0.6 is 0 Å². The summed E-state index contributed by atoms with van der Waals surface area (Å²) < 4.78 is 16.7. The molecule has 0 N–H and O–H groups in total. The van der Waals surface area contributed by atoms with Gasteiger partial charge in [0.15, 0.2) is 6.10 Å². The first-order valence-electron chi connectivity index (χ1n) is 26.2. The number of carbonyl (C=O) groups is 3. The number of rotatable bonds is 45. The smallest absolute Gasteiger partial charge is 0.306 e. The van der Waals surface area contributed by atoms with E-state index in [1.807, 2.05) is 0 Å². The molecule has 0 heterocycles. The number of allylic oxidation sites excluding steroid dienone is 22. The summed E-state index contributed by atoms with van der Waals surface area (Å²) in [7, 11) is 0. The van der Waals surface area contributed by atoms with E-state index in [-0.39, 0.29) is 44.0 Å². The minimum atomic E-state index is -0.840. The predicted molar refractivity (Wildman–Crippen MR) is 283 cm³/mol. The molecule has 0 aromatic carbocycles. The number of carbonyl (C=O) groups excluding carboxylic acids is 3. The zero-order valence-corrected chi connectivity index (χ0v) is 42.1. The summed E-state index contributed by atoms with van der Waals surface area (Å²) in [6.45, 7) is 6.32. The molecule has 0 aromatic heterocycles. The lowest BCUT2D eigenvalue weighted by Gasteiger charge is -2.18. The molecule has 0 bridgehead atoms. The van der Waals surface area contributed by atoms with Gasteiger partial charge in [0.05, 0.1) is 0 Å². The van der Waals surface area contributed by atoms with Crippen molar-refractivity contribution in [2.24, 2.45) is 0 Å². The SMILES string of the molecule is CC/C=C\C/C=C\C/C=C\C/C=C\C/C=C\CCCC(=O)OC[C@@H](COC(=O)CCCCCCC/C=C\C/C=C\CCCC)OC(=O)CCC/C=C\C/C=C\C/C=C\C/C=C\CCCCC. The molecule has 0 saturated heterocycles. The van der Waals surface area contributed by atoms with Crippen LogP contribution in [0.4, 0.5) is 0 Å². The Kier molecular flexibility index (Phi) is 49.6. The zero-order valence-electron chi connectivity index (χ0n) is 42.1. The van der Waals surface area contributed by atoms with Crippen molar-refractivity contribution in [2.45, 2.75) is 213 Å². The maximum absolute atomic E-state index is 12.8. The lowest BCUT2D eigenvalue weighted by atomic mass is 10.1. The van der Waals surface area contributed by atoms with Crippen molar-refractivity contribution in [3.8, 4) is 0 Å². The average molecular weight is 911 g/mol. The Morgan fingerprint density at radius 2 is 0.621 bits per heavy atom. The van der Waals surface area contributed by atoms with E-state index in [4.69, 9.17) is 14.2 Å². The van der Waals surface area contributed by atoms with Crippen molar-refractivity contribution >= 4 is 17.9 Å². The van der Waals surface area contributed by atoms with Crippen LogP contribution in [0, 0.1) is 0 Å². The quantitative estimate of drug-likeness (QED) is 0.0262. The molecule has 0 radical (unpaired) electrons. The van der Waals surface area contributed by atoms with Gasteiger partial charge < -0.3 is 14.2 Å². The first-order chi connectivity index (χ1) is 32.5. The van der Waals surface area contributed by atoms with Gasteiger partial charge in [-0.1, -0.05) is 199 Å². The molecule has 370 valence electrons. The van der Waals surface area contributed by atoms with Gasteiger partial charge in [0, 0.05) is 19.3 Å². The Morgan fingerprint density at radius 3 is 1.03 bits per heavy atom. The molecule has 6 heteroatoms. The van der Waals surface area contributed by atoms with Crippen LogP contribution in [0.1, 0.15) is 207 Å². The molecular formula is C60H94O6. The third-order valence-electron chi connectivity index (χ3n) is 10.4. The first kappa shape index (κ1) is 61.5. The van der Waals surface area contributed by atoms with E-state index in [1.165, 1.54) is 44.9 Å². The highest BCUT2D eigenvalue weighted by molar-refractivity contribution is 5.71. The Hall–Kier alpha value is -4.45. The molecule has 0 spiro atoms. The van der Waals surface area contributed by atoms with Gasteiger partial charge in [-0.25, -0.2) is 0 Å². The lowest BCUT2D eigenvalue weighted by Crippen LogP contribution is -2.30. The summed E-state index contributed by atoms with van der Waals surface area (Å²) in [4.78, 5) is 38.0. The number of unbranched alkanes of at least 4 members (excludes halogenated alkanes) is 12. The molecule has 0 rings (SSSR count). The topological polar surface area (TPSA) is 78.9 Å². The van der Waals surface area contributed by atoms with Crippen LogP contribution in [-0.4, -0.2) is 37.2 Å². The highest BCUT2D eigenvalue weighted by atomic mass is 16.6. The van der Waals surface area contributed by atoms with Crippen LogP contribution in [0.15, 0.2) is 134 Å². The van der Waals surface area contributed by atoms with E-state index in [0.29, 0.717) is 19.3 Å². The van der Waals surface area contributed by atoms with Gasteiger partial charge in [0.2, 0.25) is 0 Å². The molecule has 0 aliphatic heterocycles. The molecule has 6 nitrogen and oxygen atoms in total. The van der Waals surface area contributed by atoms with E-state index < -0.39 is 6.10 Å². The van der Waals surface area contributed by atoms with Gasteiger partial charge in [-0.05, 0) is 122 Å². The number of esters is 3. The number of ether oxygens (including phenoxy) is 3. The van der Waals surface area contributed by atoms with E-state index in [1.54, 1.807) is 0 Å². The lowest BCUT2D eigenvalue weighted by molar-refractivity contribution is -0.167. The van der Waals surface area contributed by atoms with Crippen LogP contribution in [0.25, 0.3) is 0 Å². The fraction of sp³-hybridized carbons (Fsp3) is 0.583. The standard InChI is InChI=1S/C60H94O6/c1-4-7-10-13-16-19-22-25-28-30-32-35-38-41-44-47-50-53-59(62)65-56-57(55-64-58(61)52-49-46-43-40-37-34-27-24-21-18-15-12-9-6-3)66-60(63)54-51-48-45-42-39-36-33-31-29-26-23-20-17-14-11-8-5-2/h7,10,15-20,24-29,32-33,35-36,41-42,44-45,57H,4-6,8-9,11-14,21-23,30-31,34,37-40,43,46-56H2,1-3H3/b10-7-,18-15-,19-16-,20-17-,27-24-,28-25-,29-26-,35-32-,36-33-,44-41-,45-42-/t57-/m1/s1. The second-order valence-electron chi connectivity index (χ2n) is 16.7. The second kappa shape index (κ2) is 53.2. The van der Waals surface area contributed by atoms with E-state index in [2.05, 4.69) is 154 Å². The van der Waals surface area contributed by atoms with Gasteiger partial charge in [0.25, 0.3) is 0 Å². The Labute approximate surface area is 405 Å². The third kappa shape index (κ3) is 50.5. The molecule has 0 aliphatic carbocycles. The van der Waals surface area contributed by atoms with E-state index >= 15 is 0 Å². The molecule has 1 atom stereocenters. The van der Waals surface area contributed by atoms with Crippen molar-refractivity contribution < 1.29 is 28.6 Å². The summed E-state index contributed by atoms with van der Waals surface area (Å²) in [5.41, 5.74) is 0. The van der Waals surface area contributed by atoms with Crippen molar-refractivity contribution in [1.29, 1.82) is 0 Å².